The number of carboxylic acids is 3. The summed E-state index contributed by atoms with van der Waals surface area (Å²) in [4.78, 5) is 28.8. The quantitative estimate of drug-likeness (QED) is 0.610. The average Bonchev–Trinajstić information content (AvgIpc) is 2.04. The van der Waals surface area contributed by atoms with Crippen molar-refractivity contribution in [3.8, 4) is 0 Å². The monoisotopic (exact) mass is 224 g/mol. The van der Waals surface area contributed by atoms with Crippen LogP contribution in [0.5, 0.6) is 0 Å². The Labute approximate surface area is 84.4 Å². The van der Waals surface area contributed by atoms with E-state index in [1.54, 1.807) is 6.92 Å². The standard InChI is InChI=1S/C4H3ClO4.C3H6O2/c5-2(4(8)9)1-3(6)7;1-2-3(4)5/h1H,(H,6,7)(H,8,9);2H2,1H3,(H,4,5). The maximum Gasteiger partial charge on any atom is 0.347 e. The van der Waals surface area contributed by atoms with E-state index in [1.165, 1.54) is 0 Å². The lowest BCUT2D eigenvalue weighted by molar-refractivity contribution is -0.136. The highest BCUT2D eigenvalue weighted by Gasteiger charge is 2.03. The summed E-state index contributed by atoms with van der Waals surface area (Å²) in [5, 5.41) is 22.9. The Balaban J connectivity index is 0. The van der Waals surface area contributed by atoms with Crippen LogP contribution in [0.2, 0.25) is 0 Å². The Kier molecular flexibility index (Phi) is 8.60. The second-order valence-corrected chi connectivity index (χ2v) is 2.29. The van der Waals surface area contributed by atoms with Crippen molar-refractivity contribution < 1.29 is 29.7 Å². The lowest BCUT2D eigenvalue weighted by Gasteiger charge is -1.83. The molecule has 0 radical (unpaired) electrons. The molecule has 0 bridgehead atoms. The van der Waals surface area contributed by atoms with Gasteiger partial charge in [-0.15, -0.1) is 0 Å². The van der Waals surface area contributed by atoms with Crippen molar-refractivity contribution in [3.63, 3.8) is 0 Å². The molecule has 0 aromatic rings. The van der Waals surface area contributed by atoms with Crippen LogP contribution < -0.4 is 0 Å². The fourth-order valence-electron chi connectivity index (χ4n) is 0.170. The first-order valence-corrected chi connectivity index (χ1v) is 3.74. The minimum Gasteiger partial charge on any atom is -0.481 e. The van der Waals surface area contributed by atoms with E-state index in [1.807, 2.05) is 0 Å². The molecule has 0 unspecified atom stereocenters. The van der Waals surface area contributed by atoms with Gasteiger partial charge in [0.1, 0.15) is 5.03 Å². The van der Waals surface area contributed by atoms with Gasteiger partial charge in [-0.25, -0.2) is 9.59 Å². The summed E-state index contributed by atoms with van der Waals surface area (Å²) in [5.41, 5.74) is 0. The lowest BCUT2D eigenvalue weighted by Crippen LogP contribution is -1.97. The molecule has 6 nitrogen and oxygen atoms in total. The number of hydrogen-bond donors (Lipinski definition) is 3. The molecule has 0 aromatic heterocycles. The summed E-state index contributed by atoms with van der Waals surface area (Å²) in [7, 11) is 0. The van der Waals surface area contributed by atoms with E-state index in [9.17, 15) is 14.4 Å². The van der Waals surface area contributed by atoms with Gasteiger partial charge in [-0.1, -0.05) is 18.5 Å². The zero-order chi connectivity index (χ0) is 11.7. The molecular formula is C7H9ClO6. The number of carboxylic acid groups (broad SMARTS) is 3. The predicted molar refractivity (Wildman–Crippen MR) is 47.1 cm³/mol. The van der Waals surface area contributed by atoms with E-state index < -0.39 is 22.9 Å². The molecule has 0 saturated heterocycles. The second-order valence-electron chi connectivity index (χ2n) is 1.88. The second kappa shape index (κ2) is 8.06. The molecule has 0 heterocycles. The summed E-state index contributed by atoms with van der Waals surface area (Å²) < 4.78 is 0. The van der Waals surface area contributed by atoms with E-state index in [0.717, 1.165) is 0 Å². The van der Waals surface area contributed by atoms with Crippen molar-refractivity contribution in [2.24, 2.45) is 0 Å². The molecule has 0 spiro atoms. The highest BCUT2D eigenvalue weighted by atomic mass is 35.5. The number of carbonyl (C=O) groups is 3. The first-order valence-electron chi connectivity index (χ1n) is 3.36. The van der Waals surface area contributed by atoms with Crippen LogP contribution >= 0.6 is 11.6 Å². The van der Waals surface area contributed by atoms with Crippen molar-refractivity contribution in [2.75, 3.05) is 0 Å². The molecule has 0 amide bonds. The maximum atomic E-state index is 9.77. The highest BCUT2D eigenvalue weighted by molar-refractivity contribution is 6.42. The smallest absolute Gasteiger partial charge is 0.347 e. The summed E-state index contributed by atoms with van der Waals surface area (Å²) in [6.07, 6.45) is 0.629. The van der Waals surface area contributed by atoms with Gasteiger partial charge in [-0.05, 0) is 0 Å². The van der Waals surface area contributed by atoms with E-state index >= 15 is 0 Å². The first kappa shape index (κ1) is 14.9. The van der Waals surface area contributed by atoms with Crippen LogP contribution in [0.15, 0.2) is 11.1 Å². The van der Waals surface area contributed by atoms with E-state index in [-0.39, 0.29) is 6.42 Å². The van der Waals surface area contributed by atoms with Crippen molar-refractivity contribution in [2.45, 2.75) is 13.3 Å². The topological polar surface area (TPSA) is 112 Å². The molecule has 0 fully saturated rings. The minimum absolute atomic E-state index is 0.222. The molecule has 14 heavy (non-hydrogen) atoms. The number of rotatable bonds is 3. The van der Waals surface area contributed by atoms with E-state index in [0.29, 0.717) is 6.08 Å². The van der Waals surface area contributed by atoms with Crippen LogP contribution in [0.3, 0.4) is 0 Å². The first-order chi connectivity index (χ1) is 6.31. The van der Waals surface area contributed by atoms with Gasteiger partial charge in [0.15, 0.2) is 0 Å². The van der Waals surface area contributed by atoms with Gasteiger partial charge >= 0.3 is 17.9 Å². The minimum atomic E-state index is -1.45. The van der Waals surface area contributed by atoms with Crippen molar-refractivity contribution in [1.29, 1.82) is 0 Å². The third-order valence-electron chi connectivity index (χ3n) is 0.757. The molecular weight excluding hydrogens is 216 g/mol. The summed E-state index contributed by atoms with van der Waals surface area (Å²) >= 11 is 4.89. The zero-order valence-electron chi connectivity index (χ0n) is 7.23. The molecule has 7 heteroatoms. The van der Waals surface area contributed by atoms with Gasteiger partial charge in [0.05, 0.1) is 0 Å². The Hall–Kier alpha value is -1.56. The number of hydrogen-bond acceptors (Lipinski definition) is 3. The third kappa shape index (κ3) is 13.1. The molecule has 0 rings (SSSR count). The SMILES string of the molecule is CCC(=O)O.O=C(O)C=C(Cl)C(=O)O. The van der Waals surface area contributed by atoms with Crippen LogP contribution in [-0.4, -0.2) is 33.2 Å². The normalized spacial score (nSPS) is 9.71. The Morgan fingerprint density at radius 3 is 1.64 bits per heavy atom. The van der Waals surface area contributed by atoms with Gasteiger partial charge in [-0.3, -0.25) is 4.79 Å². The molecule has 0 atom stereocenters. The summed E-state index contributed by atoms with van der Waals surface area (Å²) in [5.74, 6) is -3.56. The molecule has 0 aliphatic heterocycles. The number of halogens is 1. The molecule has 80 valence electrons. The largest absolute Gasteiger partial charge is 0.481 e. The van der Waals surface area contributed by atoms with Crippen molar-refractivity contribution in [3.05, 3.63) is 11.1 Å². The van der Waals surface area contributed by atoms with Gasteiger partial charge in [-0.2, -0.15) is 0 Å². The van der Waals surface area contributed by atoms with Gasteiger partial charge in [0, 0.05) is 12.5 Å². The van der Waals surface area contributed by atoms with Crippen LogP contribution in [0.1, 0.15) is 13.3 Å². The zero-order valence-corrected chi connectivity index (χ0v) is 7.98. The average molecular weight is 225 g/mol. The summed E-state index contributed by atoms with van der Waals surface area (Å²) in [6.45, 7) is 1.60. The number of aliphatic carboxylic acids is 3. The molecule has 0 aliphatic carbocycles. The Bertz CT molecular complexity index is 257. The van der Waals surface area contributed by atoms with E-state index in [2.05, 4.69) is 0 Å². The Morgan fingerprint density at radius 1 is 1.21 bits per heavy atom. The van der Waals surface area contributed by atoms with Crippen LogP contribution in [-0.2, 0) is 14.4 Å². The molecule has 0 aromatic carbocycles. The maximum absolute atomic E-state index is 9.77. The highest BCUT2D eigenvalue weighted by Crippen LogP contribution is 1.98. The molecule has 3 N–H and O–H groups in total. The molecule has 0 saturated carbocycles. The third-order valence-corrected chi connectivity index (χ3v) is 1.03. The lowest BCUT2D eigenvalue weighted by atomic mass is 10.5. The fourth-order valence-corrected chi connectivity index (χ4v) is 0.263. The van der Waals surface area contributed by atoms with Crippen LogP contribution in [0.25, 0.3) is 0 Å². The van der Waals surface area contributed by atoms with Gasteiger partial charge in [0.25, 0.3) is 0 Å². The molecule has 0 aliphatic rings. The van der Waals surface area contributed by atoms with Gasteiger partial charge in [0.2, 0.25) is 0 Å². The van der Waals surface area contributed by atoms with Gasteiger partial charge < -0.3 is 15.3 Å². The predicted octanol–water partition coefficient (Wildman–Crippen LogP) is 0.759. The Morgan fingerprint density at radius 2 is 1.57 bits per heavy atom. The van der Waals surface area contributed by atoms with Crippen molar-refractivity contribution >= 4 is 29.5 Å². The summed E-state index contributed by atoms with van der Waals surface area (Å²) in [6, 6.07) is 0. The van der Waals surface area contributed by atoms with E-state index in [4.69, 9.17) is 26.9 Å². The van der Waals surface area contributed by atoms with Crippen LogP contribution in [0.4, 0.5) is 0 Å². The van der Waals surface area contributed by atoms with Crippen LogP contribution in [0, 0.1) is 0 Å². The van der Waals surface area contributed by atoms with Crippen molar-refractivity contribution in [1.82, 2.24) is 0 Å². The fraction of sp³-hybridized carbons (Fsp3) is 0.286.